The summed E-state index contributed by atoms with van der Waals surface area (Å²) < 4.78 is 24.0. The van der Waals surface area contributed by atoms with E-state index in [1.54, 1.807) is 39.8 Å². The predicted molar refractivity (Wildman–Crippen MR) is 211 cm³/mol. The number of pyridine rings is 1. The number of fused-ring (bicyclic) bond motifs is 14. The normalized spacial score (nSPS) is 31.5. The second-order valence-electron chi connectivity index (χ2n) is 15.1. The Morgan fingerprint density at radius 1 is 0.949 bits per heavy atom. The quantitative estimate of drug-likeness (QED) is 0.191. The monoisotopic (exact) mass is 815 g/mol. The van der Waals surface area contributed by atoms with Crippen molar-refractivity contribution in [1.82, 2.24) is 10.3 Å². The lowest BCUT2D eigenvalue weighted by atomic mass is 9.78. The Morgan fingerprint density at radius 2 is 1.63 bits per heavy atom. The molecule has 4 aliphatic rings. The fourth-order valence-corrected chi connectivity index (χ4v) is 7.39. The van der Waals surface area contributed by atoms with Gasteiger partial charge in [-0.15, -0.1) is 0 Å². The number of nitrogens with one attached hydrogen (secondary N) is 1. The van der Waals surface area contributed by atoms with Crippen molar-refractivity contribution in [3.05, 3.63) is 100 Å². The van der Waals surface area contributed by atoms with Gasteiger partial charge in [0.1, 0.15) is 17.6 Å². The number of aromatic hydroxyl groups is 1. The zero-order chi connectivity index (χ0) is 43.5. The van der Waals surface area contributed by atoms with Crippen LogP contribution in [0.25, 0.3) is 0 Å². The lowest BCUT2D eigenvalue weighted by Gasteiger charge is -2.38. The van der Waals surface area contributed by atoms with Crippen LogP contribution in [0, 0.1) is 30.6 Å². The van der Waals surface area contributed by atoms with Crippen molar-refractivity contribution in [2.75, 3.05) is 7.11 Å². The van der Waals surface area contributed by atoms with Gasteiger partial charge in [-0.1, -0.05) is 51.1 Å². The average molecular weight is 816 g/mol. The van der Waals surface area contributed by atoms with E-state index in [9.17, 15) is 39.3 Å². The maximum Gasteiger partial charge on any atom is 0.365 e. The van der Waals surface area contributed by atoms with Crippen LogP contribution in [-0.4, -0.2) is 92.7 Å². The van der Waals surface area contributed by atoms with Crippen molar-refractivity contribution in [3.63, 3.8) is 0 Å². The molecule has 0 radical (unpaired) electrons. The third-order valence-corrected chi connectivity index (χ3v) is 11.0. The SMILES string of the molecule is CO[C@H]1/C=C/O[C@@]2(C)Oc3c(C)c(O)c4c(c3/C2=N\OC(=O)c2ccncc2)C(=O)C=C(NC(=O)/C(C)=C\C=C\[C@H](C)[C@H](O)[C@@H](C)[C@@H](O)[C@@H](C)[C@H](OC(C)=O)[C@@H]1C)C4=O. The van der Waals surface area contributed by atoms with Crippen LogP contribution in [-0.2, 0) is 28.6 Å². The van der Waals surface area contributed by atoms with Crippen LogP contribution in [0.4, 0.5) is 0 Å². The van der Waals surface area contributed by atoms with Gasteiger partial charge in [0.15, 0.2) is 11.5 Å². The number of hydrogen-bond donors (Lipinski definition) is 4. The van der Waals surface area contributed by atoms with E-state index in [1.165, 1.54) is 77.7 Å². The highest BCUT2D eigenvalue weighted by molar-refractivity contribution is 6.31. The van der Waals surface area contributed by atoms with Crippen LogP contribution < -0.4 is 10.1 Å². The first-order chi connectivity index (χ1) is 27.8. The van der Waals surface area contributed by atoms with Crippen molar-refractivity contribution in [1.29, 1.82) is 0 Å². The van der Waals surface area contributed by atoms with Crippen LogP contribution in [0.1, 0.15) is 90.7 Å². The predicted octanol–water partition coefficient (Wildman–Crippen LogP) is 4.40. The van der Waals surface area contributed by atoms with Crippen molar-refractivity contribution >= 4 is 35.1 Å². The molecule has 59 heavy (non-hydrogen) atoms. The van der Waals surface area contributed by atoms with Crippen molar-refractivity contribution < 1.29 is 63.1 Å². The molecule has 4 heterocycles. The molecule has 1 aliphatic carbocycles. The zero-order valence-corrected chi connectivity index (χ0v) is 34.2. The number of carbonyl (C=O) groups is 5. The molecule has 0 saturated heterocycles. The number of hydrogen-bond acceptors (Lipinski definition) is 15. The molecule has 314 valence electrons. The molecule has 16 heteroatoms. The number of nitrogens with zero attached hydrogens (tertiary/aromatic N) is 2. The van der Waals surface area contributed by atoms with Crippen LogP contribution in [0.2, 0.25) is 0 Å². The van der Waals surface area contributed by atoms with Gasteiger partial charge in [0.25, 0.3) is 11.7 Å². The van der Waals surface area contributed by atoms with Gasteiger partial charge in [-0.25, -0.2) is 4.79 Å². The molecule has 9 atom stereocenters. The Labute approximate surface area is 341 Å². The summed E-state index contributed by atoms with van der Waals surface area (Å²) in [5.74, 6) is -9.21. The maximum atomic E-state index is 14.0. The molecule has 16 nitrogen and oxygen atoms in total. The summed E-state index contributed by atoms with van der Waals surface area (Å²) >= 11 is 0. The fourth-order valence-electron chi connectivity index (χ4n) is 7.39. The molecule has 3 aliphatic heterocycles. The summed E-state index contributed by atoms with van der Waals surface area (Å²) in [5, 5.41) is 40.8. The summed E-state index contributed by atoms with van der Waals surface area (Å²) in [6.45, 7) is 12.4. The third-order valence-electron chi connectivity index (χ3n) is 11.0. The summed E-state index contributed by atoms with van der Waals surface area (Å²) in [4.78, 5) is 76.1. The Hall–Kier alpha value is -5.97. The summed E-state index contributed by atoms with van der Waals surface area (Å²) in [5.41, 5.74) is -1.34. The van der Waals surface area contributed by atoms with Crippen LogP contribution in [0.5, 0.6) is 11.5 Å². The number of phenolic OH excluding ortho intramolecular Hbond substituents is 1. The third kappa shape index (κ3) is 8.89. The van der Waals surface area contributed by atoms with E-state index in [0.717, 1.165) is 6.08 Å². The first-order valence-electron chi connectivity index (χ1n) is 19.0. The molecule has 0 fully saturated rings. The number of benzene rings is 1. The van der Waals surface area contributed by atoms with Crippen molar-refractivity contribution in [2.24, 2.45) is 28.8 Å². The number of phenols is 1. The number of amides is 1. The first-order valence-corrected chi connectivity index (χ1v) is 19.0. The van der Waals surface area contributed by atoms with Gasteiger partial charge in [-0.2, -0.15) is 0 Å². The molecule has 2 aromatic rings. The Kier molecular flexibility index (Phi) is 13.4. The second-order valence-corrected chi connectivity index (χ2v) is 15.1. The highest BCUT2D eigenvalue weighted by Gasteiger charge is 2.51. The molecule has 1 aromatic heterocycles. The number of allylic oxidation sites excluding steroid dienone is 4. The van der Waals surface area contributed by atoms with Gasteiger partial charge >= 0.3 is 11.9 Å². The first kappa shape index (κ1) is 44.1. The van der Waals surface area contributed by atoms with E-state index in [0.29, 0.717) is 0 Å². The molecule has 0 saturated carbocycles. The Morgan fingerprint density at radius 3 is 2.27 bits per heavy atom. The van der Waals surface area contributed by atoms with E-state index in [4.69, 9.17) is 23.8 Å². The number of aliphatic hydroxyl groups excluding tert-OH is 2. The number of aliphatic hydroxyl groups is 2. The number of oxime groups is 1. The molecule has 5 bridgehead atoms. The second kappa shape index (κ2) is 17.9. The van der Waals surface area contributed by atoms with E-state index in [2.05, 4.69) is 15.5 Å². The average Bonchev–Trinajstić information content (AvgIpc) is 3.50. The molecule has 0 spiro atoms. The number of Topliss-reactive ketones (excluding diaryl/α,β-unsaturated/α-hetero) is 1. The Bertz CT molecular complexity index is 2180. The number of rotatable bonds is 4. The van der Waals surface area contributed by atoms with Crippen molar-refractivity contribution in [3.8, 4) is 11.5 Å². The molecule has 4 N–H and O–H groups in total. The minimum absolute atomic E-state index is 0.00868. The van der Waals surface area contributed by atoms with Gasteiger partial charge < -0.3 is 44.4 Å². The number of methoxy groups -OCH3 is 1. The van der Waals surface area contributed by atoms with E-state index in [1.807, 2.05) is 0 Å². The van der Waals surface area contributed by atoms with E-state index >= 15 is 0 Å². The number of esters is 1. The minimum atomic E-state index is -1.99. The Balaban J connectivity index is 1.68. The van der Waals surface area contributed by atoms with E-state index in [-0.39, 0.29) is 39.3 Å². The topological polar surface area (TPSA) is 229 Å². The molecular weight excluding hydrogens is 766 g/mol. The minimum Gasteiger partial charge on any atom is -0.507 e. The summed E-state index contributed by atoms with van der Waals surface area (Å²) in [6, 6.07) is 2.79. The van der Waals surface area contributed by atoms with Crippen molar-refractivity contribution in [2.45, 2.75) is 85.6 Å². The maximum absolute atomic E-state index is 14.0. The number of ketones is 2. The molecular formula is C43H49N3O13. The number of ether oxygens (including phenoxy) is 4. The van der Waals surface area contributed by atoms with Gasteiger partial charge in [0.2, 0.25) is 5.78 Å². The summed E-state index contributed by atoms with van der Waals surface area (Å²) in [7, 11) is 1.42. The number of carbonyl (C=O) groups excluding carboxylic acids is 5. The molecule has 1 aromatic carbocycles. The lowest BCUT2D eigenvalue weighted by molar-refractivity contribution is -0.160. The van der Waals surface area contributed by atoms with Crippen LogP contribution in [0.15, 0.2) is 77.6 Å². The lowest BCUT2D eigenvalue weighted by Crippen LogP contribution is -2.46. The largest absolute Gasteiger partial charge is 0.507 e. The fraction of sp³-hybridized carbons (Fsp3) is 0.419. The van der Waals surface area contributed by atoms with Crippen LogP contribution in [0.3, 0.4) is 0 Å². The standard InChI is InChI=1S/C43H49N3O13/c1-20-11-10-12-21(2)41(53)45-28-19-29(48)31-32(37(28)52)36(51)25(6)39-33(31)40(46-59-42(54)27-13-16-44-17-14-27)43(8,58-39)56-18-15-30(55-9)22(3)38(57-26(7)47)24(5)35(50)23(4)34(20)49/h10-20,22-24,30,34-35,38,49-51H,1-9H3,(H,45,53)/b11-10+,18-15+,21-12-,46-40+/t20-,22+,23+,24+,30-,34-,35+,38+,43-/m0/s1. The van der Waals surface area contributed by atoms with E-state index < -0.39 is 100 Å². The van der Waals surface area contributed by atoms with Gasteiger partial charge in [-0.3, -0.25) is 24.2 Å². The molecule has 1 amide bonds. The smallest absolute Gasteiger partial charge is 0.365 e. The molecule has 6 rings (SSSR count). The highest BCUT2D eigenvalue weighted by Crippen LogP contribution is 2.48. The van der Waals surface area contributed by atoms with Gasteiger partial charge in [0, 0.05) is 74.2 Å². The highest BCUT2D eigenvalue weighted by atomic mass is 16.7. The van der Waals surface area contributed by atoms with Gasteiger partial charge in [-0.05, 0) is 32.1 Å². The summed E-state index contributed by atoms with van der Waals surface area (Å²) in [6.07, 6.45) is 7.00. The van der Waals surface area contributed by atoms with Gasteiger partial charge in [0.05, 0.1) is 52.5 Å². The molecule has 0 unspecified atom stereocenters. The zero-order valence-electron chi connectivity index (χ0n) is 34.2. The number of aromatic nitrogens is 1. The van der Waals surface area contributed by atoms with Crippen LogP contribution >= 0.6 is 0 Å².